The topological polar surface area (TPSA) is 76.1 Å². The van der Waals surface area contributed by atoms with Crippen LogP contribution < -0.4 is 15.6 Å². The van der Waals surface area contributed by atoms with Gasteiger partial charge in [-0.1, -0.05) is 24.3 Å². The Hall–Kier alpha value is -4.32. The predicted octanol–water partition coefficient (Wildman–Crippen LogP) is 4.73. The highest BCUT2D eigenvalue weighted by molar-refractivity contribution is 6.14. The van der Waals surface area contributed by atoms with Crippen LogP contribution in [0, 0.1) is 0 Å². The first-order valence-electron chi connectivity index (χ1n) is 9.82. The number of nitrogens with zero attached hydrogens (tertiary/aromatic N) is 1. The lowest BCUT2D eigenvalue weighted by molar-refractivity contribution is 0.102. The van der Waals surface area contributed by atoms with Gasteiger partial charge in [-0.2, -0.15) is 0 Å². The predicted molar refractivity (Wildman–Crippen MR) is 122 cm³/mol. The molecule has 0 saturated heterocycles. The summed E-state index contributed by atoms with van der Waals surface area (Å²) >= 11 is 0. The fourth-order valence-electron chi connectivity index (χ4n) is 3.79. The Balaban J connectivity index is 1.65. The third-order valence-corrected chi connectivity index (χ3v) is 5.36. The normalized spacial score (nSPS) is 11.0. The number of aromatic amines is 1. The van der Waals surface area contributed by atoms with Crippen LogP contribution in [0.2, 0.25) is 0 Å². The van der Waals surface area contributed by atoms with Gasteiger partial charge in [0.1, 0.15) is 5.75 Å². The summed E-state index contributed by atoms with van der Waals surface area (Å²) in [5, 5.41) is 5.01. The van der Waals surface area contributed by atoms with Gasteiger partial charge in [0.2, 0.25) is 0 Å². The zero-order valence-electron chi connectivity index (χ0n) is 16.8. The standard InChI is InChI=1S/C25H19N3O3/c1-31-17-11-9-16(10-12-17)28-15-21(18-5-2-3-6-19(18)25(28)30)24(29)27-23-8-4-7-22-20(23)13-14-26-22/h2-15,26H,1H3,(H,27,29). The SMILES string of the molecule is COc1ccc(-n2cc(C(=O)Nc3cccc4[nH]ccc34)c3ccccc3c2=O)cc1. The van der Waals surface area contributed by atoms with E-state index < -0.39 is 0 Å². The second kappa shape index (κ2) is 7.50. The molecule has 6 heteroatoms. The number of carbonyl (C=O) groups is 1. The third-order valence-electron chi connectivity index (χ3n) is 5.36. The molecule has 152 valence electrons. The van der Waals surface area contributed by atoms with E-state index in [1.807, 2.05) is 36.5 Å². The van der Waals surface area contributed by atoms with Gasteiger partial charge in [-0.15, -0.1) is 0 Å². The summed E-state index contributed by atoms with van der Waals surface area (Å²) in [6.45, 7) is 0. The molecule has 6 nitrogen and oxygen atoms in total. The molecule has 0 fully saturated rings. The number of aromatic nitrogens is 2. The molecule has 2 heterocycles. The van der Waals surface area contributed by atoms with E-state index >= 15 is 0 Å². The molecule has 0 bridgehead atoms. The molecular weight excluding hydrogens is 390 g/mol. The van der Waals surface area contributed by atoms with Crippen molar-refractivity contribution in [2.75, 3.05) is 12.4 Å². The van der Waals surface area contributed by atoms with E-state index in [1.54, 1.807) is 55.8 Å². The van der Waals surface area contributed by atoms with Crippen LogP contribution in [0.15, 0.2) is 90.0 Å². The number of fused-ring (bicyclic) bond motifs is 2. The molecule has 5 rings (SSSR count). The largest absolute Gasteiger partial charge is 0.497 e. The number of carbonyl (C=O) groups excluding carboxylic acids is 1. The number of methoxy groups -OCH3 is 1. The molecule has 0 aliphatic heterocycles. The van der Waals surface area contributed by atoms with E-state index in [9.17, 15) is 9.59 Å². The first-order valence-corrected chi connectivity index (χ1v) is 9.82. The van der Waals surface area contributed by atoms with Crippen molar-refractivity contribution in [1.29, 1.82) is 0 Å². The van der Waals surface area contributed by atoms with E-state index in [-0.39, 0.29) is 11.5 Å². The summed E-state index contributed by atoms with van der Waals surface area (Å²) < 4.78 is 6.70. The van der Waals surface area contributed by atoms with Gasteiger partial charge in [0, 0.05) is 39.8 Å². The average molecular weight is 409 g/mol. The Bertz CT molecular complexity index is 1480. The molecule has 0 aliphatic rings. The number of pyridine rings is 1. The summed E-state index contributed by atoms with van der Waals surface area (Å²) in [6, 6.07) is 21.9. The maximum Gasteiger partial charge on any atom is 0.262 e. The van der Waals surface area contributed by atoms with Gasteiger partial charge in [0.15, 0.2) is 0 Å². The smallest absolute Gasteiger partial charge is 0.262 e. The van der Waals surface area contributed by atoms with Crippen molar-refractivity contribution in [1.82, 2.24) is 9.55 Å². The van der Waals surface area contributed by atoms with Crippen LogP contribution in [-0.4, -0.2) is 22.6 Å². The van der Waals surface area contributed by atoms with E-state index in [0.717, 1.165) is 10.9 Å². The van der Waals surface area contributed by atoms with Crippen molar-refractivity contribution in [3.05, 3.63) is 101 Å². The quantitative estimate of drug-likeness (QED) is 0.450. The molecule has 0 atom stereocenters. The monoisotopic (exact) mass is 409 g/mol. The minimum Gasteiger partial charge on any atom is -0.497 e. The average Bonchev–Trinajstić information content (AvgIpc) is 3.30. The lowest BCUT2D eigenvalue weighted by atomic mass is 10.1. The summed E-state index contributed by atoms with van der Waals surface area (Å²) in [4.78, 5) is 29.6. The minimum absolute atomic E-state index is 0.190. The number of rotatable bonds is 4. The summed E-state index contributed by atoms with van der Waals surface area (Å²) in [7, 11) is 1.59. The molecular formula is C25H19N3O3. The highest BCUT2D eigenvalue weighted by Crippen LogP contribution is 2.25. The Morgan fingerprint density at radius 1 is 0.903 bits per heavy atom. The highest BCUT2D eigenvalue weighted by Gasteiger charge is 2.16. The van der Waals surface area contributed by atoms with E-state index in [0.29, 0.717) is 33.5 Å². The zero-order valence-corrected chi connectivity index (χ0v) is 16.8. The number of nitrogens with one attached hydrogen (secondary N) is 2. The van der Waals surface area contributed by atoms with Crippen molar-refractivity contribution in [3.8, 4) is 11.4 Å². The van der Waals surface area contributed by atoms with E-state index in [4.69, 9.17) is 4.74 Å². The maximum atomic E-state index is 13.3. The maximum absolute atomic E-state index is 13.3. The number of anilines is 1. The number of hydrogen-bond donors (Lipinski definition) is 2. The zero-order chi connectivity index (χ0) is 21.4. The van der Waals surface area contributed by atoms with Crippen LogP contribution in [0.1, 0.15) is 10.4 Å². The summed E-state index contributed by atoms with van der Waals surface area (Å²) in [6.07, 6.45) is 3.43. The fourth-order valence-corrected chi connectivity index (χ4v) is 3.79. The first kappa shape index (κ1) is 18.7. The van der Waals surface area contributed by atoms with Crippen molar-refractivity contribution in [3.63, 3.8) is 0 Å². The molecule has 31 heavy (non-hydrogen) atoms. The van der Waals surface area contributed by atoms with Gasteiger partial charge in [0.25, 0.3) is 11.5 Å². The number of amides is 1. The highest BCUT2D eigenvalue weighted by atomic mass is 16.5. The molecule has 3 aromatic carbocycles. The van der Waals surface area contributed by atoms with Gasteiger partial charge in [0.05, 0.1) is 18.4 Å². The van der Waals surface area contributed by atoms with Crippen LogP contribution in [0.4, 0.5) is 5.69 Å². The molecule has 0 radical (unpaired) electrons. The van der Waals surface area contributed by atoms with Gasteiger partial charge in [-0.25, -0.2) is 0 Å². The van der Waals surface area contributed by atoms with Crippen molar-refractivity contribution < 1.29 is 9.53 Å². The van der Waals surface area contributed by atoms with Crippen LogP contribution in [0.5, 0.6) is 5.75 Å². The van der Waals surface area contributed by atoms with Crippen LogP contribution in [-0.2, 0) is 0 Å². The number of hydrogen-bond acceptors (Lipinski definition) is 3. The number of benzene rings is 3. The molecule has 0 unspecified atom stereocenters. The van der Waals surface area contributed by atoms with Gasteiger partial charge < -0.3 is 15.0 Å². The summed E-state index contributed by atoms with van der Waals surface area (Å²) in [5.41, 5.74) is 2.52. The molecule has 0 saturated carbocycles. The fraction of sp³-hybridized carbons (Fsp3) is 0.0400. The third kappa shape index (κ3) is 3.24. The molecule has 0 aliphatic carbocycles. The Morgan fingerprint density at radius 3 is 2.45 bits per heavy atom. The number of ether oxygens (including phenoxy) is 1. The molecule has 2 N–H and O–H groups in total. The minimum atomic E-state index is -0.285. The van der Waals surface area contributed by atoms with E-state index in [2.05, 4.69) is 10.3 Å². The second-order valence-corrected chi connectivity index (χ2v) is 7.16. The Kier molecular flexibility index (Phi) is 4.52. The Morgan fingerprint density at radius 2 is 1.68 bits per heavy atom. The molecule has 1 amide bonds. The van der Waals surface area contributed by atoms with Crippen molar-refractivity contribution >= 4 is 33.3 Å². The number of H-pyrrole nitrogens is 1. The lowest BCUT2D eigenvalue weighted by Crippen LogP contribution is -2.22. The molecule has 0 spiro atoms. The first-order chi connectivity index (χ1) is 15.2. The van der Waals surface area contributed by atoms with Crippen LogP contribution in [0.3, 0.4) is 0 Å². The van der Waals surface area contributed by atoms with Gasteiger partial charge in [-0.3, -0.25) is 14.2 Å². The van der Waals surface area contributed by atoms with E-state index in [1.165, 1.54) is 4.57 Å². The molecule has 2 aromatic heterocycles. The van der Waals surface area contributed by atoms with Crippen LogP contribution >= 0.6 is 0 Å². The lowest BCUT2D eigenvalue weighted by Gasteiger charge is -2.13. The summed E-state index contributed by atoms with van der Waals surface area (Å²) in [5.74, 6) is 0.405. The van der Waals surface area contributed by atoms with Gasteiger partial charge >= 0.3 is 0 Å². The van der Waals surface area contributed by atoms with Gasteiger partial charge in [-0.05, 0) is 48.5 Å². The Labute approximate surface area is 177 Å². The van der Waals surface area contributed by atoms with Crippen molar-refractivity contribution in [2.45, 2.75) is 0 Å². The van der Waals surface area contributed by atoms with Crippen molar-refractivity contribution in [2.24, 2.45) is 0 Å². The molecule has 5 aromatic rings. The second-order valence-electron chi connectivity index (χ2n) is 7.16. The van der Waals surface area contributed by atoms with Crippen LogP contribution in [0.25, 0.3) is 27.4 Å².